The Hall–Kier alpha value is -3.15. The number of allylic oxidation sites excluding steroid dienone is 1. The van der Waals surface area contributed by atoms with Gasteiger partial charge in [-0.1, -0.05) is 18.2 Å². The van der Waals surface area contributed by atoms with E-state index in [-0.39, 0.29) is 11.3 Å². The highest BCUT2D eigenvalue weighted by atomic mass is 16.2. The molecule has 118 valence electrons. The molecule has 0 aliphatic rings. The first-order valence-corrected chi connectivity index (χ1v) is 7.04. The summed E-state index contributed by atoms with van der Waals surface area (Å²) in [4.78, 5) is 28.7. The van der Waals surface area contributed by atoms with Crippen LogP contribution in [0.2, 0.25) is 0 Å². The molecule has 0 saturated carbocycles. The molecule has 0 radical (unpaired) electrons. The molecule has 1 heterocycles. The summed E-state index contributed by atoms with van der Waals surface area (Å²) in [5, 5.41) is 5.23. The van der Waals surface area contributed by atoms with Gasteiger partial charge in [0.25, 0.3) is 11.8 Å². The molecule has 1 aromatic carbocycles. The second-order valence-corrected chi connectivity index (χ2v) is 5.05. The lowest BCUT2D eigenvalue weighted by Gasteiger charge is -2.11. The lowest BCUT2D eigenvalue weighted by molar-refractivity contribution is -0.118. The Morgan fingerprint density at radius 3 is 2.39 bits per heavy atom. The van der Waals surface area contributed by atoms with Crippen LogP contribution in [0, 0.1) is 6.92 Å². The monoisotopic (exact) mass is 310 g/mol. The van der Waals surface area contributed by atoms with E-state index in [0.29, 0.717) is 11.5 Å². The summed E-state index contributed by atoms with van der Waals surface area (Å²) in [6, 6.07) is 12.4. The molecule has 0 aliphatic heterocycles. The molecule has 2 aromatic rings. The lowest BCUT2D eigenvalue weighted by Crippen LogP contribution is -2.28. The summed E-state index contributed by atoms with van der Waals surface area (Å²) in [6.45, 7) is 3.41. The molecule has 0 unspecified atom stereocenters. The van der Waals surface area contributed by atoms with Crippen molar-refractivity contribution in [2.24, 2.45) is 5.73 Å². The third-order valence-electron chi connectivity index (χ3n) is 3.03. The Morgan fingerprint density at radius 1 is 1.04 bits per heavy atom. The van der Waals surface area contributed by atoms with Crippen LogP contribution in [0.5, 0.6) is 0 Å². The Labute approximate surface area is 134 Å². The SMILES string of the molecule is C/C(N)=C(\C(=O)Nc1cccc(C)c1)C(=O)Nc1ccccn1. The number of nitrogens with zero attached hydrogens (tertiary/aromatic N) is 1. The van der Waals surface area contributed by atoms with Gasteiger partial charge in [0.05, 0.1) is 0 Å². The van der Waals surface area contributed by atoms with Gasteiger partial charge in [-0.3, -0.25) is 9.59 Å². The minimum atomic E-state index is -0.603. The molecule has 0 bridgehead atoms. The van der Waals surface area contributed by atoms with Gasteiger partial charge in [-0.05, 0) is 43.7 Å². The zero-order valence-electron chi connectivity index (χ0n) is 13.0. The molecule has 0 aliphatic carbocycles. The van der Waals surface area contributed by atoms with E-state index in [1.165, 1.54) is 6.92 Å². The summed E-state index contributed by atoms with van der Waals surface area (Å²) >= 11 is 0. The van der Waals surface area contributed by atoms with Crippen LogP contribution in [-0.2, 0) is 9.59 Å². The second-order valence-electron chi connectivity index (χ2n) is 5.05. The van der Waals surface area contributed by atoms with E-state index in [1.54, 1.807) is 36.5 Å². The van der Waals surface area contributed by atoms with Gasteiger partial charge in [0.1, 0.15) is 11.4 Å². The van der Waals surface area contributed by atoms with Crippen molar-refractivity contribution in [2.75, 3.05) is 10.6 Å². The van der Waals surface area contributed by atoms with Gasteiger partial charge in [0.2, 0.25) is 0 Å². The smallest absolute Gasteiger partial charge is 0.264 e. The molecule has 6 nitrogen and oxygen atoms in total. The minimum Gasteiger partial charge on any atom is -0.401 e. The lowest BCUT2D eigenvalue weighted by atomic mass is 10.1. The Balaban J connectivity index is 2.17. The number of aryl methyl sites for hydroxylation is 1. The highest BCUT2D eigenvalue weighted by Crippen LogP contribution is 2.13. The average Bonchev–Trinajstić information content (AvgIpc) is 2.47. The number of pyridine rings is 1. The first kappa shape index (κ1) is 16.2. The molecule has 0 spiro atoms. The van der Waals surface area contributed by atoms with E-state index >= 15 is 0 Å². The standard InChI is InChI=1S/C17H18N4O2/c1-11-6-5-7-13(10-11)20-16(22)15(12(2)18)17(23)21-14-8-3-4-9-19-14/h3-10H,18H2,1-2H3,(H,20,22)(H,19,21,23)/b15-12-. The molecule has 23 heavy (non-hydrogen) atoms. The van der Waals surface area contributed by atoms with Gasteiger partial charge in [0.15, 0.2) is 0 Å². The quantitative estimate of drug-likeness (QED) is 0.458. The Kier molecular flexibility index (Phi) is 5.09. The Bertz CT molecular complexity index is 750. The van der Waals surface area contributed by atoms with Crippen LogP contribution in [0.3, 0.4) is 0 Å². The number of amides is 2. The van der Waals surface area contributed by atoms with E-state index in [2.05, 4.69) is 15.6 Å². The molecule has 1 aromatic heterocycles. The second kappa shape index (κ2) is 7.22. The van der Waals surface area contributed by atoms with Crippen molar-refractivity contribution in [1.29, 1.82) is 0 Å². The number of benzene rings is 1. The third kappa shape index (κ3) is 4.41. The molecule has 2 rings (SSSR count). The van der Waals surface area contributed by atoms with Gasteiger partial charge in [-0.25, -0.2) is 4.98 Å². The summed E-state index contributed by atoms with van der Waals surface area (Å²) in [5.41, 5.74) is 7.29. The summed E-state index contributed by atoms with van der Waals surface area (Å²) in [7, 11) is 0. The van der Waals surface area contributed by atoms with Gasteiger partial charge >= 0.3 is 0 Å². The van der Waals surface area contributed by atoms with Crippen LogP contribution in [0.1, 0.15) is 12.5 Å². The van der Waals surface area contributed by atoms with Crippen molar-refractivity contribution in [3.05, 3.63) is 65.5 Å². The third-order valence-corrected chi connectivity index (χ3v) is 3.03. The predicted molar refractivity (Wildman–Crippen MR) is 89.6 cm³/mol. The fourth-order valence-electron chi connectivity index (χ4n) is 1.99. The number of aromatic nitrogens is 1. The van der Waals surface area contributed by atoms with E-state index in [4.69, 9.17) is 5.73 Å². The fraction of sp³-hybridized carbons (Fsp3) is 0.118. The maximum atomic E-state index is 12.4. The van der Waals surface area contributed by atoms with Crippen LogP contribution >= 0.6 is 0 Å². The molecule has 0 fully saturated rings. The number of carbonyl (C=O) groups is 2. The van der Waals surface area contributed by atoms with Gasteiger partial charge in [-0.15, -0.1) is 0 Å². The van der Waals surface area contributed by atoms with E-state index in [9.17, 15) is 9.59 Å². The molecule has 6 heteroatoms. The maximum Gasteiger partial charge on any atom is 0.264 e. The van der Waals surface area contributed by atoms with Crippen LogP contribution in [0.15, 0.2) is 59.9 Å². The molecule has 2 amide bonds. The minimum absolute atomic E-state index is 0.128. The number of rotatable bonds is 4. The van der Waals surface area contributed by atoms with Gasteiger partial charge < -0.3 is 16.4 Å². The largest absolute Gasteiger partial charge is 0.401 e. The molecular formula is C17H18N4O2. The molecule has 4 N–H and O–H groups in total. The zero-order valence-corrected chi connectivity index (χ0v) is 13.0. The summed E-state index contributed by atoms with van der Waals surface area (Å²) in [5.74, 6) is -0.822. The first-order chi connectivity index (χ1) is 11.0. The van der Waals surface area contributed by atoms with Crippen molar-refractivity contribution < 1.29 is 9.59 Å². The normalized spacial score (nSPS) is 11.4. The highest BCUT2D eigenvalue weighted by Gasteiger charge is 2.21. The summed E-state index contributed by atoms with van der Waals surface area (Å²) < 4.78 is 0. The predicted octanol–water partition coefficient (Wildman–Crippen LogP) is 2.20. The number of carbonyl (C=O) groups excluding carboxylic acids is 2. The highest BCUT2D eigenvalue weighted by molar-refractivity contribution is 6.26. The molecular weight excluding hydrogens is 292 g/mol. The molecule has 0 atom stereocenters. The number of nitrogens with one attached hydrogen (secondary N) is 2. The van der Waals surface area contributed by atoms with Crippen molar-refractivity contribution in [3.63, 3.8) is 0 Å². The van der Waals surface area contributed by atoms with E-state index in [1.807, 2.05) is 19.1 Å². The van der Waals surface area contributed by atoms with E-state index < -0.39 is 11.8 Å². The topological polar surface area (TPSA) is 97.1 Å². The number of nitrogens with two attached hydrogens (primary N) is 1. The van der Waals surface area contributed by atoms with Gasteiger partial charge in [0, 0.05) is 17.6 Å². The maximum absolute atomic E-state index is 12.4. The number of anilines is 2. The zero-order chi connectivity index (χ0) is 16.8. The number of hydrogen-bond acceptors (Lipinski definition) is 4. The van der Waals surface area contributed by atoms with Crippen molar-refractivity contribution >= 4 is 23.3 Å². The van der Waals surface area contributed by atoms with Crippen molar-refractivity contribution in [2.45, 2.75) is 13.8 Å². The summed E-state index contributed by atoms with van der Waals surface area (Å²) in [6.07, 6.45) is 1.54. The first-order valence-electron chi connectivity index (χ1n) is 7.04. The average molecular weight is 310 g/mol. The van der Waals surface area contributed by atoms with E-state index in [0.717, 1.165) is 5.56 Å². The van der Waals surface area contributed by atoms with Crippen LogP contribution in [0.4, 0.5) is 11.5 Å². The Morgan fingerprint density at radius 2 is 1.78 bits per heavy atom. The van der Waals surface area contributed by atoms with Crippen LogP contribution in [0.25, 0.3) is 0 Å². The van der Waals surface area contributed by atoms with Crippen molar-refractivity contribution in [1.82, 2.24) is 4.98 Å². The molecule has 0 saturated heterocycles. The number of hydrogen-bond donors (Lipinski definition) is 3. The fourth-order valence-corrected chi connectivity index (χ4v) is 1.99. The van der Waals surface area contributed by atoms with Crippen molar-refractivity contribution in [3.8, 4) is 0 Å². The van der Waals surface area contributed by atoms with Crippen LogP contribution in [-0.4, -0.2) is 16.8 Å². The van der Waals surface area contributed by atoms with Crippen LogP contribution < -0.4 is 16.4 Å². The van der Waals surface area contributed by atoms with Gasteiger partial charge in [-0.2, -0.15) is 0 Å².